The second-order valence-electron chi connectivity index (χ2n) is 6.29. The standard InChI is InChI=1S/C18H32N4O.HI/c1-4-15(5-2)13-20-18(19-3)21-14-16(17-9-8-12-23-17)22-10-6-7-11-22;/h8-9,12,15-16H,4-7,10-11,13-14H2,1-3H3,(H2,19,20,21);1H. The van der Waals surface area contributed by atoms with Gasteiger partial charge < -0.3 is 15.1 Å². The highest BCUT2D eigenvalue weighted by atomic mass is 127. The molecule has 0 bridgehead atoms. The van der Waals surface area contributed by atoms with Crippen molar-refractivity contribution in [2.75, 3.05) is 33.2 Å². The van der Waals surface area contributed by atoms with Gasteiger partial charge in [0.2, 0.25) is 0 Å². The fourth-order valence-corrected chi connectivity index (χ4v) is 3.18. The summed E-state index contributed by atoms with van der Waals surface area (Å²) in [7, 11) is 1.83. The van der Waals surface area contributed by atoms with Gasteiger partial charge in [0, 0.05) is 20.1 Å². The molecule has 24 heavy (non-hydrogen) atoms. The minimum atomic E-state index is 0. The third-order valence-corrected chi connectivity index (χ3v) is 4.85. The molecule has 2 heterocycles. The molecule has 1 unspecified atom stereocenters. The molecule has 1 aliphatic heterocycles. The number of halogens is 1. The number of furan rings is 1. The lowest BCUT2D eigenvalue weighted by atomic mass is 10.0. The number of nitrogens with zero attached hydrogens (tertiary/aromatic N) is 2. The van der Waals surface area contributed by atoms with E-state index in [0.29, 0.717) is 5.92 Å². The van der Waals surface area contributed by atoms with Gasteiger partial charge in [-0.05, 0) is 44.0 Å². The van der Waals surface area contributed by atoms with Crippen LogP contribution in [0, 0.1) is 5.92 Å². The van der Waals surface area contributed by atoms with Crippen molar-refractivity contribution < 1.29 is 4.42 Å². The van der Waals surface area contributed by atoms with Gasteiger partial charge >= 0.3 is 0 Å². The largest absolute Gasteiger partial charge is 0.468 e. The van der Waals surface area contributed by atoms with E-state index >= 15 is 0 Å². The van der Waals surface area contributed by atoms with E-state index in [2.05, 4.69) is 40.4 Å². The number of rotatable bonds is 8. The maximum Gasteiger partial charge on any atom is 0.191 e. The average Bonchev–Trinajstić information content (AvgIpc) is 3.28. The van der Waals surface area contributed by atoms with Crippen LogP contribution in [0.15, 0.2) is 27.8 Å². The molecule has 138 valence electrons. The lowest BCUT2D eigenvalue weighted by Crippen LogP contribution is -2.43. The van der Waals surface area contributed by atoms with Crippen LogP contribution in [-0.4, -0.2) is 44.1 Å². The third kappa shape index (κ3) is 6.27. The van der Waals surface area contributed by atoms with E-state index in [0.717, 1.165) is 37.9 Å². The van der Waals surface area contributed by atoms with Crippen LogP contribution in [0.3, 0.4) is 0 Å². The smallest absolute Gasteiger partial charge is 0.191 e. The van der Waals surface area contributed by atoms with E-state index in [1.54, 1.807) is 6.26 Å². The molecule has 1 aliphatic rings. The first kappa shape index (κ1) is 21.3. The van der Waals surface area contributed by atoms with E-state index in [9.17, 15) is 0 Å². The first-order chi connectivity index (χ1) is 11.3. The summed E-state index contributed by atoms with van der Waals surface area (Å²) in [6, 6.07) is 4.32. The summed E-state index contributed by atoms with van der Waals surface area (Å²) in [4.78, 5) is 6.85. The molecule has 1 aromatic heterocycles. The van der Waals surface area contributed by atoms with E-state index in [4.69, 9.17) is 4.42 Å². The van der Waals surface area contributed by atoms with Crippen LogP contribution in [0.4, 0.5) is 0 Å². The summed E-state index contributed by atoms with van der Waals surface area (Å²) in [6.07, 6.45) is 6.71. The van der Waals surface area contributed by atoms with Crippen molar-refractivity contribution in [1.29, 1.82) is 0 Å². The SMILES string of the molecule is CCC(CC)CNC(=NC)NCC(c1ccco1)N1CCCC1.I. The van der Waals surface area contributed by atoms with Crippen LogP contribution in [0.25, 0.3) is 0 Å². The highest BCUT2D eigenvalue weighted by Gasteiger charge is 2.25. The zero-order chi connectivity index (χ0) is 16.5. The quantitative estimate of drug-likeness (QED) is 0.362. The van der Waals surface area contributed by atoms with E-state index in [-0.39, 0.29) is 30.0 Å². The Morgan fingerprint density at radius 3 is 2.42 bits per heavy atom. The molecular weight excluding hydrogens is 415 g/mol. The first-order valence-corrected chi connectivity index (χ1v) is 9.00. The molecule has 6 heteroatoms. The second kappa shape index (κ2) is 11.7. The maximum absolute atomic E-state index is 5.67. The van der Waals surface area contributed by atoms with E-state index in [1.807, 2.05) is 13.1 Å². The third-order valence-electron chi connectivity index (χ3n) is 4.85. The summed E-state index contributed by atoms with van der Waals surface area (Å²) < 4.78 is 5.67. The van der Waals surface area contributed by atoms with Crippen LogP contribution in [0.1, 0.15) is 51.3 Å². The van der Waals surface area contributed by atoms with Gasteiger partial charge in [0.05, 0.1) is 12.3 Å². The molecule has 0 amide bonds. The zero-order valence-electron chi connectivity index (χ0n) is 15.3. The Morgan fingerprint density at radius 2 is 1.88 bits per heavy atom. The maximum atomic E-state index is 5.67. The predicted molar refractivity (Wildman–Crippen MR) is 111 cm³/mol. The second-order valence-corrected chi connectivity index (χ2v) is 6.29. The van der Waals surface area contributed by atoms with Crippen molar-refractivity contribution in [2.45, 2.75) is 45.6 Å². The van der Waals surface area contributed by atoms with Crippen LogP contribution in [-0.2, 0) is 0 Å². The number of likely N-dealkylation sites (tertiary alicyclic amines) is 1. The molecule has 5 nitrogen and oxygen atoms in total. The number of hydrogen-bond acceptors (Lipinski definition) is 3. The summed E-state index contributed by atoms with van der Waals surface area (Å²) >= 11 is 0. The lowest BCUT2D eigenvalue weighted by molar-refractivity contribution is 0.215. The van der Waals surface area contributed by atoms with E-state index < -0.39 is 0 Å². The highest BCUT2D eigenvalue weighted by molar-refractivity contribution is 14.0. The molecule has 1 fully saturated rings. The van der Waals surface area contributed by atoms with Crippen LogP contribution < -0.4 is 10.6 Å². The van der Waals surface area contributed by atoms with Crippen molar-refractivity contribution in [3.05, 3.63) is 24.2 Å². The number of hydrogen-bond donors (Lipinski definition) is 2. The molecular formula is C18H33IN4O. The minimum Gasteiger partial charge on any atom is -0.468 e. The molecule has 0 aliphatic carbocycles. The van der Waals surface area contributed by atoms with Gasteiger partial charge in [-0.25, -0.2) is 0 Å². The highest BCUT2D eigenvalue weighted by Crippen LogP contribution is 2.24. The van der Waals surface area contributed by atoms with Gasteiger partial charge in [0.15, 0.2) is 5.96 Å². The molecule has 1 aromatic rings. The molecule has 0 aromatic carbocycles. The Hall–Kier alpha value is -0.760. The van der Waals surface area contributed by atoms with Gasteiger partial charge in [-0.1, -0.05) is 26.7 Å². The van der Waals surface area contributed by atoms with Crippen LogP contribution >= 0.6 is 24.0 Å². The Bertz CT molecular complexity index is 454. The molecule has 0 radical (unpaired) electrons. The van der Waals surface area contributed by atoms with Gasteiger partial charge in [-0.3, -0.25) is 9.89 Å². The number of guanidine groups is 1. The van der Waals surface area contributed by atoms with Gasteiger partial charge in [-0.2, -0.15) is 0 Å². The minimum absolute atomic E-state index is 0. The molecule has 2 rings (SSSR count). The zero-order valence-corrected chi connectivity index (χ0v) is 17.6. The Balaban J connectivity index is 0.00000288. The topological polar surface area (TPSA) is 52.8 Å². The molecule has 0 saturated carbocycles. The number of aliphatic imine (C=N–C) groups is 1. The van der Waals surface area contributed by atoms with Crippen molar-refractivity contribution in [3.8, 4) is 0 Å². The summed E-state index contributed by atoms with van der Waals surface area (Å²) in [5, 5.41) is 6.93. The lowest BCUT2D eigenvalue weighted by Gasteiger charge is -2.27. The van der Waals surface area contributed by atoms with Crippen molar-refractivity contribution in [2.24, 2.45) is 10.9 Å². The fourth-order valence-electron chi connectivity index (χ4n) is 3.18. The van der Waals surface area contributed by atoms with Gasteiger partial charge in [0.1, 0.15) is 5.76 Å². The van der Waals surface area contributed by atoms with Crippen LogP contribution in [0.5, 0.6) is 0 Å². The summed E-state index contributed by atoms with van der Waals surface area (Å²) in [5.74, 6) is 2.62. The van der Waals surface area contributed by atoms with Crippen molar-refractivity contribution in [3.63, 3.8) is 0 Å². The first-order valence-electron chi connectivity index (χ1n) is 9.00. The monoisotopic (exact) mass is 448 g/mol. The molecule has 2 N–H and O–H groups in total. The predicted octanol–water partition coefficient (Wildman–Crippen LogP) is 3.64. The average molecular weight is 448 g/mol. The van der Waals surface area contributed by atoms with Crippen molar-refractivity contribution >= 4 is 29.9 Å². The summed E-state index contributed by atoms with van der Waals surface area (Å²) in [6.45, 7) is 8.57. The molecule has 1 saturated heterocycles. The normalized spacial score (nSPS) is 16.9. The fraction of sp³-hybridized carbons (Fsp3) is 0.722. The van der Waals surface area contributed by atoms with Crippen LogP contribution in [0.2, 0.25) is 0 Å². The Morgan fingerprint density at radius 1 is 1.21 bits per heavy atom. The summed E-state index contributed by atoms with van der Waals surface area (Å²) in [5.41, 5.74) is 0. The van der Waals surface area contributed by atoms with Gasteiger partial charge in [-0.15, -0.1) is 24.0 Å². The molecule has 0 spiro atoms. The number of nitrogens with one attached hydrogen (secondary N) is 2. The molecule has 1 atom stereocenters. The van der Waals surface area contributed by atoms with Crippen molar-refractivity contribution in [1.82, 2.24) is 15.5 Å². The van der Waals surface area contributed by atoms with Gasteiger partial charge in [0.25, 0.3) is 0 Å². The Kier molecular flexibility index (Phi) is 10.4. The Labute approximate surface area is 163 Å². The van der Waals surface area contributed by atoms with E-state index in [1.165, 1.54) is 25.7 Å².